The largest absolute Gasteiger partial charge is 0.378 e. The molecule has 22 heavy (non-hydrogen) atoms. The highest BCUT2D eigenvalue weighted by Crippen LogP contribution is 2.22. The maximum atomic E-state index is 12.4. The van der Waals surface area contributed by atoms with Crippen molar-refractivity contribution in [3.8, 4) is 0 Å². The third kappa shape index (κ3) is 3.47. The molecule has 0 aromatic carbocycles. The van der Waals surface area contributed by atoms with Crippen molar-refractivity contribution in [3.63, 3.8) is 0 Å². The van der Waals surface area contributed by atoms with Gasteiger partial charge in [0.2, 0.25) is 5.91 Å². The predicted molar refractivity (Wildman–Crippen MR) is 79.7 cm³/mol. The van der Waals surface area contributed by atoms with Crippen LogP contribution < -0.4 is 5.32 Å². The van der Waals surface area contributed by atoms with Gasteiger partial charge in [-0.05, 0) is 13.8 Å². The Morgan fingerprint density at radius 3 is 2.45 bits per heavy atom. The number of rotatable bonds is 4. The number of carbonyl (C=O) groups is 2. The number of nitrogens with zero attached hydrogens (tertiary/aromatic N) is 2. The highest BCUT2D eigenvalue weighted by molar-refractivity contribution is 5.99. The van der Waals surface area contributed by atoms with E-state index in [-0.39, 0.29) is 17.7 Å². The summed E-state index contributed by atoms with van der Waals surface area (Å²) < 4.78 is 10.4. The number of hydrogen-bond acceptors (Lipinski definition) is 5. The second-order valence-corrected chi connectivity index (χ2v) is 5.79. The Morgan fingerprint density at radius 1 is 1.23 bits per heavy atom. The van der Waals surface area contributed by atoms with Gasteiger partial charge >= 0.3 is 0 Å². The van der Waals surface area contributed by atoms with Crippen molar-refractivity contribution >= 4 is 11.8 Å². The van der Waals surface area contributed by atoms with Crippen molar-refractivity contribution in [2.24, 2.45) is 0 Å². The zero-order chi connectivity index (χ0) is 16.3. The van der Waals surface area contributed by atoms with Gasteiger partial charge in [0.25, 0.3) is 5.91 Å². The molecule has 7 nitrogen and oxygen atoms in total. The lowest BCUT2D eigenvalue weighted by atomic mass is 10.0. The summed E-state index contributed by atoms with van der Waals surface area (Å²) in [6.45, 7) is 9.46. The topological polar surface area (TPSA) is 84.7 Å². The molecule has 1 aromatic heterocycles. The van der Waals surface area contributed by atoms with Crippen LogP contribution in [0.3, 0.4) is 0 Å². The second kappa shape index (κ2) is 6.91. The van der Waals surface area contributed by atoms with Crippen LogP contribution in [0.1, 0.15) is 48.5 Å². The van der Waals surface area contributed by atoms with Crippen molar-refractivity contribution in [1.82, 2.24) is 15.4 Å². The molecule has 1 aliphatic rings. The molecule has 0 spiro atoms. The van der Waals surface area contributed by atoms with E-state index in [1.54, 1.807) is 18.7 Å². The molecule has 1 N–H and O–H groups in total. The van der Waals surface area contributed by atoms with E-state index in [1.165, 1.54) is 0 Å². The smallest absolute Gasteiger partial charge is 0.257 e. The molecule has 1 atom stereocenters. The molecule has 2 rings (SSSR count). The first-order valence-corrected chi connectivity index (χ1v) is 7.55. The summed E-state index contributed by atoms with van der Waals surface area (Å²) in [7, 11) is 0. The van der Waals surface area contributed by atoms with E-state index < -0.39 is 6.04 Å². The normalized spacial score (nSPS) is 16.7. The van der Waals surface area contributed by atoms with E-state index in [4.69, 9.17) is 9.26 Å². The molecule has 1 aromatic rings. The molecule has 122 valence electrons. The first-order valence-electron chi connectivity index (χ1n) is 7.55. The number of aromatic nitrogens is 1. The van der Waals surface area contributed by atoms with Crippen LogP contribution in [-0.4, -0.2) is 54.2 Å². The molecule has 1 fully saturated rings. The number of morpholine rings is 1. The van der Waals surface area contributed by atoms with Gasteiger partial charge in [-0.25, -0.2) is 0 Å². The highest BCUT2D eigenvalue weighted by atomic mass is 16.5. The van der Waals surface area contributed by atoms with Crippen LogP contribution in [0.4, 0.5) is 0 Å². The number of carbonyl (C=O) groups excluding carboxylic acids is 2. The molecule has 7 heteroatoms. The Hall–Kier alpha value is -1.89. The Kier molecular flexibility index (Phi) is 5.18. The lowest BCUT2D eigenvalue weighted by Crippen LogP contribution is -2.50. The third-order valence-electron chi connectivity index (χ3n) is 3.68. The second-order valence-electron chi connectivity index (χ2n) is 5.79. The van der Waals surface area contributed by atoms with Gasteiger partial charge in [0, 0.05) is 19.0 Å². The molecule has 1 aliphatic heterocycles. The number of ether oxygens (including phenoxy) is 1. The van der Waals surface area contributed by atoms with E-state index in [2.05, 4.69) is 10.5 Å². The molecule has 0 radical (unpaired) electrons. The zero-order valence-corrected chi connectivity index (χ0v) is 13.5. The van der Waals surface area contributed by atoms with Gasteiger partial charge in [-0.2, -0.15) is 0 Å². The summed E-state index contributed by atoms with van der Waals surface area (Å²) >= 11 is 0. The van der Waals surface area contributed by atoms with Gasteiger partial charge in [-0.3, -0.25) is 9.59 Å². The molecule has 0 unspecified atom stereocenters. The summed E-state index contributed by atoms with van der Waals surface area (Å²) in [6.07, 6.45) is 0. The van der Waals surface area contributed by atoms with Crippen LogP contribution in [0.25, 0.3) is 0 Å². The van der Waals surface area contributed by atoms with Crippen LogP contribution >= 0.6 is 0 Å². The first-order chi connectivity index (χ1) is 10.4. The van der Waals surface area contributed by atoms with Gasteiger partial charge in [-0.15, -0.1) is 0 Å². The molecular formula is C15H23N3O4. The summed E-state index contributed by atoms with van der Waals surface area (Å²) in [5.41, 5.74) is 0.962. The van der Waals surface area contributed by atoms with E-state index in [0.717, 1.165) is 0 Å². The van der Waals surface area contributed by atoms with Gasteiger partial charge in [-0.1, -0.05) is 19.0 Å². The minimum Gasteiger partial charge on any atom is -0.378 e. The maximum Gasteiger partial charge on any atom is 0.257 e. The highest BCUT2D eigenvalue weighted by Gasteiger charge is 2.27. The molecule has 0 saturated carbocycles. The van der Waals surface area contributed by atoms with Crippen LogP contribution in [0.2, 0.25) is 0 Å². The summed E-state index contributed by atoms with van der Waals surface area (Å²) in [5, 5.41) is 6.60. The van der Waals surface area contributed by atoms with E-state index >= 15 is 0 Å². The average molecular weight is 309 g/mol. The summed E-state index contributed by atoms with van der Waals surface area (Å²) in [4.78, 5) is 26.5. The Balaban J connectivity index is 2.05. The fourth-order valence-electron chi connectivity index (χ4n) is 2.45. The van der Waals surface area contributed by atoms with Crippen molar-refractivity contribution < 1.29 is 18.8 Å². The molecule has 2 amide bonds. The number of hydrogen-bond donors (Lipinski definition) is 1. The fourth-order valence-corrected chi connectivity index (χ4v) is 2.45. The molecular weight excluding hydrogens is 286 g/mol. The van der Waals surface area contributed by atoms with E-state index in [9.17, 15) is 9.59 Å². The van der Waals surface area contributed by atoms with Crippen molar-refractivity contribution in [1.29, 1.82) is 0 Å². The Labute approximate surface area is 130 Å². The minimum atomic E-state index is -0.597. The average Bonchev–Trinajstić information content (AvgIpc) is 2.89. The maximum absolute atomic E-state index is 12.4. The van der Waals surface area contributed by atoms with Gasteiger partial charge in [0.05, 0.1) is 18.9 Å². The fraction of sp³-hybridized carbons (Fsp3) is 0.667. The van der Waals surface area contributed by atoms with E-state index in [1.807, 2.05) is 13.8 Å². The lowest BCUT2D eigenvalue weighted by molar-refractivity contribution is -0.136. The monoisotopic (exact) mass is 309 g/mol. The predicted octanol–water partition coefficient (Wildman–Crippen LogP) is 1.08. The van der Waals surface area contributed by atoms with Gasteiger partial charge in [0.15, 0.2) is 5.76 Å². The molecule has 1 saturated heterocycles. The Bertz CT molecular complexity index is 547. The quantitative estimate of drug-likeness (QED) is 0.899. The zero-order valence-electron chi connectivity index (χ0n) is 13.5. The van der Waals surface area contributed by atoms with Gasteiger partial charge in [0.1, 0.15) is 11.6 Å². The SMILES string of the molecule is Cc1noc(C(C)C)c1C(=O)N[C@H](C)C(=O)N1CCOCC1. The number of amides is 2. The van der Waals surface area contributed by atoms with Gasteiger partial charge < -0.3 is 19.5 Å². The van der Waals surface area contributed by atoms with Crippen LogP contribution in [0, 0.1) is 6.92 Å². The third-order valence-corrected chi connectivity index (χ3v) is 3.68. The molecule has 0 bridgehead atoms. The number of aryl methyl sites for hydroxylation is 1. The van der Waals surface area contributed by atoms with Crippen LogP contribution in [0.5, 0.6) is 0 Å². The Morgan fingerprint density at radius 2 is 1.86 bits per heavy atom. The van der Waals surface area contributed by atoms with Crippen LogP contribution in [-0.2, 0) is 9.53 Å². The molecule has 2 heterocycles. The van der Waals surface area contributed by atoms with E-state index in [0.29, 0.717) is 43.3 Å². The standard InChI is InChI=1S/C15H23N3O4/c1-9(2)13-12(10(3)17-22-13)14(19)16-11(4)15(20)18-5-7-21-8-6-18/h9,11H,5-8H2,1-4H3,(H,16,19)/t11-/m1/s1. The molecule has 0 aliphatic carbocycles. The van der Waals surface area contributed by atoms with Crippen molar-refractivity contribution in [3.05, 3.63) is 17.0 Å². The lowest BCUT2D eigenvalue weighted by Gasteiger charge is -2.29. The van der Waals surface area contributed by atoms with Crippen molar-refractivity contribution in [2.75, 3.05) is 26.3 Å². The summed E-state index contributed by atoms with van der Waals surface area (Å²) in [5.74, 6) is 0.168. The summed E-state index contributed by atoms with van der Waals surface area (Å²) in [6, 6.07) is -0.597. The minimum absolute atomic E-state index is 0.0483. The van der Waals surface area contributed by atoms with Crippen LogP contribution in [0.15, 0.2) is 4.52 Å². The number of nitrogens with one attached hydrogen (secondary N) is 1. The first kappa shape index (κ1) is 16.5. The van der Waals surface area contributed by atoms with Crippen molar-refractivity contribution in [2.45, 2.75) is 39.7 Å².